The van der Waals surface area contributed by atoms with Crippen molar-refractivity contribution in [2.45, 2.75) is 6.04 Å². The van der Waals surface area contributed by atoms with E-state index in [0.717, 1.165) is 6.07 Å². The van der Waals surface area contributed by atoms with E-state index in [0.29, 0.717) is 11.3 Å². The van der Waals surface area contributed by atoms with Crippen LogP contribution in [0.5, 0.6) is 5.75 Å². The molecule has 138 valence electrons. The molecular weight excluding hydrogens is 353 g/mol. The average molecular weight is 369 g/mol. The van der Waals surface area contributed by atoms with Crippen molar-refractivity contribution in [3.8, 4) is 5.75 Å². The van der Waals surface area contributed by atoms with Crippen molar-refractivity contribution >= 4 is 16.9 Å². The lowest BCUT2D eigenvalue weighted by molar-refractivity contribution is 0.0690. The predicted molar refractivity (Wildman–Crippen MR) is 95.4 cm³/mol. The Morgan fingerprint density at radius 3 is 2.74 bits per heavy atom. The number of benzene rings is 2. The van der Waals surface area contributed by atoms with Crippen LogP contribution in [0.4, 0.5) is 4.39 Å². The first-order valence-corrected chi connectivity index (χ1v) is 8.37. The first-order chi connectivity index (χ1) is 13.1. The van der Waals surface area contributed by atoms with Crippen LogP contribution in [0.2, 0.25) is 0 Å². The third-order valence-electron chi connectivity index (χ3n) is 4.70. The van der Waals surface area contributed by atoms with E-state index in [9.17, 15) is 19.1 Å². The number of methoxy groups -OCH3 is 1. The number of β-amino-alcohol motifs (C(OH)–C–C–N with tert-alkyl or cyclic N) is 1. The number of carbonyl (C=O) groups excluding carboxylic acids is 1. The van der Waals surface area contributed by atoms with Crippen LogP contribution in [0.3, 0.4) is 0 Å². The van der Waals surface area contributed by atoms with Crippen LogP contribution in [0, 0.1) is 5.82 Å². The van der Waals surface area contributed by atoms with Crippen molar-refractivity contribution in [2.24, 2.45) is 0 Å². The monoisotopic (exact) mass is 369 g/mol. The van der Waals surface area contributed by atoms with Gasteiger partial charge in [0.05, 0.1) is 30.7 Å². The number of hydrogen-bond donors (Lipinski definition) is 1. The molecule has 1 aromatic heterocycles. The van der Waals surface area contributed by atoms with Gasteiger partial charge in [0, 0.05) is 12.1 Å². The first kappa shape index (κ1) is 17.2. The van der Waals surface area contributed by atoms with Gasteiger partial charge in [0.15, 0.2) is 5.43 Å². The number of aliphatic hydroxyl groups is 1. The highest BCUT2D eigenvalue weighted by atomic mass is 19.1. The molecule has 2 aromatic carbocycles. The fourth-order valence-electron chi connectivity index (χ4n) is 3.55. The predicted octanol–water partition coefficient (Wildman–Crippen LogP) is 2.48. The molecule has 1 amide bonds. The highest BCUT2D eigenvalue weighted by Crippen LogP contribution is 2.41. The zero-order valence-corrected chi connectivity index (χ0v) is 14.4. The molecule has 4 rings (SSSR count). The zero-order valence-electron chi connectivity index (χ0n) is 14.4. The second-order valence-corrected chi connectivity index (χ2v) is 6.18. The molecule has 27 heavy (non-hydrogen) atoms. The summed E-state index contributed by atoms with van der Waals surface area (Å²) in [5, 5.41) is 9.49. The molecule has 6 nitrogen and oxygen atoms in total. The maximum absolute atomic E-state index is 13.7. The standard InChI is InChI=1S/C20H16FNO5/c1-26-14-5-3-2-4-12(14)17-16-18(24)13-10-11(21)6-7-15(13)27-19(16)20(25)22(17)8-9-23/h2-7,10,17,23H,8-9H2,1H3. The third-order valence-corrected chi connectivity index (χ3v) is 4.70. The van der Waals surface area contributed by atoms with Crippen LogP contribution in [-0.4, -0.2) is 36.2 Å². The maximum Gasteiger partial charge on any atom is 0.290 e. The topological polar surface area (TPSA) is 80.0 Å². The van der Waals surface area contributed by atoms with Gasteiger partial charge < -0.3 is 19.2 Å². The lowest BCUT2D eigenvalue weighted by atomic mass is 9.97. The Labute approximate surface area is 153 Å². The fraction of sp³-hybridized carbons (Fsp3) is 0.200. The quantitative estimate of drug-likeness (QED) is 0.764. The Morgan fingerprint density at radius 2 is 2.00 bits per heavy atom. The molecule has 0 bridgehead atoms. The number of hydrogen-bond acceptors (Lipinski definition) is 5. The van der Waals surface area contributed by atoms with E-state index in [1.54, 1.807) is 24.3 Å². The Bertz CT molecular complexity index is 1110. The van der Waals surface area contributed by atoms with Gasteiger partial charge in [-0.3, -0.25) is 9.59 Å². The summed E-state index contributed by atoms with van der Waals surface area (Å²) in [6, 6.07) is 9.80. The summed E-state index contributed by atoms with van der Waals surface area (Å²) in [4.78, 5) is 27.4. The van der Waals surface area contributed by atoms with Gasteiger partial charge in [-0.25, -0.2) is 4.39 Å². The first-order valence-electron chi connectivity index (χ1n) is 8.37. The van der Waals surface area contributed by atoms with Crippen molar-refractivity contribution in [1.29, 1.82) is 0 Å². The van der Waals surface area contributed by atoms with Crippen LogP contribution < -0.4 is 10.2 Å². The molecule has 0 saturated carbocycles. The van der Waals surface area contributed by atoms with E-state index in [-0.39, 0.29) is 35.4 Å². The van der Waals surface area contributed by atoms with E-state index in [2.05, 4.69) is 0 Å². The minimum Gasteiger partial charge on any atom is -0.496 e. The van der Waals surface area contributed by atoms with E-state index >= 15 is 0 Å². The van der Waals surface area contributed by atoms with Crippen LogP contribution in [0.25, 0.3) is 11.0 Å². The summed E-state index contributed by atoms with van der Waals surface area (Å²) in [6.45, 7) is -0.274. The molecular formula is C20H16FNO5. The summed E-state index contributed by atoms with van der Waals surface area (Å²) in [6.07, 6.45) is 0. The lowest BCUT2D eigenvalue weighted by Gasteiger charge is -2.25. The van der Waals surface area contributed by atoms with Crippen molar-refractivity contribution in [2.75, 3.05) is 20.3 Å². The van der Waals surface area contributed by atoms with Gasteiger partial charge in [0.2, 0.25) is 5.76 Å². The summed E-state index contributed by atoms with van der Waals surface area (Å²) in [5.41, 5.74) is 0.369. The molecule has 1 unspecified atom stereocenters. The number of nitrogens with zero attached hydrogens (tertiary/aromatic N) is 1. The second kappa shape index (κ2) is 6.51. The molecule has 3 aromatic rings. The molecule has 1 atom stereocenters. The minimum atomic E-state index is -0.792. The Kier molecular flexibility index (Phi) is 4.16. The normalized spacial score (nSPS) is 16.0. The number of carbonyl (C=O) groups is 1. The molecule has 0 saturated heterocycles. The van der Waals surface area contributed by atoms with E-state index in [1.165, 1.54) is 24.1 Å². The van der Waals surface area contributed by atoms with Crippen molar-refractivity contribution in [1.82, 2.24) is 4.90 Å². The summed E-state index contributed by atoms with van der Waals surface area (Å²) in [5.74, 6) is -0.674. The van der Waals surface area contributed by atoms with Crippen LogP contribution in [0.15, 0.2) is 51.7 Å². The molecule has 1 aliphatic rings. The summed E-state index contributed by atoms with van der Waals surface area (Å²) in [7, 11) is 1.49. The fourth-order valence-corrected chi connectivity index (χ4v) is 3.55. The van der Waals surface area contributed by atoms with E-state index in [1.807, 2.05) is 0 Å². The molecule has 0 spiro atoms. The molecule has 1 N–H and O–H groups in total. The highest BCUT2D eigenvalue weighted by Gasteiger charge is 2.43. The Hall–Kier alpha value is -3.19. The third kappa shape index (κ3) is 2.59. The Balaban J connectivity index is 2.04. The molecule has 7 heteroatoms. The largest absolute Gasteiger partial charge is 0.496 e. The zero-order chi connectivity index (χ0) is 19.1. The maximum atomic E-state index is 13.7. The van der Waals surface area contributed by atoms with Crippen molar-refractivity contribution in [3.63, 3.8) is 0 Å². The van der Waals surface area contributed by atoms with Gasteiger partial charge in [-0.15, -0.1) is 0 Å². The average Bonchev–Trinajstić information content (AvgIpc) is 2.95. The van der Waals surface area contributed by atoms with Gasteiger partial charge in [0.25, 0.3) is 5.91 Å². The number of para-hydroxylation sites is 1. The van der Waals surface area contributed by atoms with Gasteiger partial charge >= 0.3 is 0 Å². The molecule has 1 aliphatic heterocycles. The second-order valence-electron chi connectivity index (χ2n) is 6.18. The smallest absolute Gasteiger partial charge is 0.290 e. The molecule has 2 heterocycles. The minimum absolute atomic E-state index is 0.00982. The van der Waals surface area contributed by atoms with Gasteiger partial charge in [0.1, 0.15) is 17.1 Å². The Morgan fingerprint density at radius 1 is 1.22 bits per heavy atom. The SMILES string of the molecule is COc1ccccc1C1c2c(oc3ccc(F)cc3c2=O)C(=O)N1CCO. The van der Waals surface area contributed by atoms with Gasteiger partial charge in [-0.1, -0.05) is 18.2 Å². The lowest BCUT2D eigenvalue weighted by Crippen LogP contribution is -2.32. The van der Waals surface area contributed by atoms with Gasteiger partial charge in [-0.2, -0.15) is 0 Å². The van der Waals surface area contributed by atoms with Crippen LogP contribution in [0.1, 0.15) is 27.7 Å². The highest BCUT2D eigenvalue weighted by molar-refractivity contribution is 5.99. The number of ether oxygens (including phenoxy) is 1. The van der Waals surface area contributed by atoms with Crippen molar-refractivity contribution in [3.05, 3.63) is 75.4 Å². The van der Waals surface area contributed by atoms with Gasteiger partial charge in [-0.05, 0) is 24.3 Å². The number of rotatable bonds is 4. The molecule has 0 radical (unpaired) electrons. The van der Waals surface area contributed by atoms with Crippen molar-refractivity contribution < 1.29 is 23.4 Å². The van der Waals surface area contributed by atoms with E-state index in [4.69, 9.17) is 9.15 Å². The number of aliphatic hydroxyl groups excluding tert-OH is 1. The van der Waals surface area contributed by atoms with E-state index < -0.39 is 23.2 Å². The summed E-state index contributed by atoms with van der Waals surface area (Å²) < 4.78 is 24.7. The number of fused-ring (bicyclic) bond motifs is 2. The number of halogens is 1. The molecule has 0 fully saturated rings. The van der Waals surface area contributed by atoms with Crippen LogP contribution in [-0.2, 0) is 0 Å². The van der Waals surface area contributed by atoms with Crippen LogP contribution >= 0.6 is 0 Å². The molecule has 0 aliphatic carbocycles. The number of amides is 1. The summed E-state index contributed by atoms with van der Waals surface area (Å²) >= 11 is 0.